The molecule has 24 heavy (non-hydrogen) atoms. The number of amides is 2. The van der Waals surface area contributed by atoms with Crippen LogP contribution in [0.3, 0.4) is 0 Å². The van der Waals surface area contributed by atoms with Crippen molar-refractivity contribution in [2.75, 3.05) is 18.4 Å². The van der Waals surface area contributed by atoms with E-state index in [1.54, 1.807) is 42.3 Å². The number of carbonyl (C=O) groups excluding carboxylic acids is 2. The van der Waals surface area contributed by atoms with Crippen molar-refractivity contribution in [1.29, 1.82) is 0 Å². The maximum absolute atomic E-state index is 12.4. The molecule has 1 N–H and O–H groups in total. The molecule has 0 bridgehead atoms. The molecule has 2 amide bonds. The van der Waals surface area contributed by atoms with Crippen molar-refractivity contribution >= 4 is 17.5 Å². The van der Waals surface area contributed by atoms with E-state index in [4.69, 9.17) is 0 Å². The van der Waals surface area contributed by atoms with E-state index in [9.17, 15) is 14.4 Å². The number of carbonyl (C=O) groups is 2. The molecule has 0 unspecified atom stereocenters. The highest BCUT2D eigenvalue weighted by Gasteiger charge is 2.14. The summed E-state index contributed by atoms with van der Waals surface area (Å²) in [7, 11) is 1.62. The van der Waals surface area contributed by atoms with Crippen LogP contribution in [-0.2, 0) is 7.05 Å². The fourth-order valence-corrected chi connectivity index (χ4v) is 2.32. The van der Waals surface area contributed by atoms with Gasteiger partial charge in [-0.3, -0.25) is 14.4 Å². The fourth-order valence-electron chi connectivity index (χ4n) is 2.32. The maximum Gasteiger partial charge on any atom is 0.255 e. The lowest BCUT2D eigenvalue weighted by molar-refractivity contribution is 0.0772. The smallest absolute Gasteiger partial charge is 0.255 e. The molecule has 0 atom stereocenters. The second-order valence-corrected chi connectivity index (χ2v) is 5.38. The molecular formula is C18H21N3O3. The molecule has 0 aliphatic heterocycles. The molecule has 0 fully saturated rings. The first kappa shape index (κ1) is 17.5. The average molecular weight is 327 g/mol. The van der Waals surface area contributed by atoms with Crippen molar-refractivity contribution in [3.05, 3.63) is 64.1 Å². The Hall–Kier alpha value is -2.89. The number of nitrogens with zero attached hydrogens (tertiary/aromatic N) is 2. The van der Waals surface area contributed by atoms with E-state index in [0.29, 0.717) is 24.3 Å². The second kappa shape index (κ2) is 7.59. The van der Waals surface area contributed by atoms with Crippen molar-refractivity contribution in [3.8, 4) is 0 Å². The quantitative estimate of drug-likeness (QED) is 0.914. The van der Waals surface area contributed by atoms with Gasteiger partial charge in [-0.1, -0.05) is 6.07 Å². The van der Waals surface area contributed by atoms with Gasteiger partial charge in [0.15, 0.2) is 0 Å². The van der Waals surface area contributed by atoms with Gasteiger partial charge in [-0.15, -0.1) is 0 Å². The summed E-state index contributed by atoms with van der Waals surface area (Å²) in [5.41, 5.74) is 1.05. The normalized spacial score (nSPS) is 10.3. The monoisotopic (exact) mass is 327 g/mol. The van der Waals surface area contributed by atoms with E-state index in [0.717, 1.165) is 0 Å². The van der Waals surface area contributed by atoms with Crippen LogP contribution in [0.25, 0.3) is 0 Å². The molecule has 6 heteroatoms. The maximum atomic E-state index is 12.4. The van der Waals surface area contributed by atoms with Gasteiger partial charge in [-0.25, -0.2) is 0 Å². The Bertz CT molecular complexity index is 807. The van der Waals surface area contributed by atoms with E-state index in [1.165, 1.54) is 16.8 Å². The van der Waals surface area contributed by atoms with Crippen LogP contribution in [0.2, 0.25) is 0 Å². The molecule has 0 spiro atoms. The summed E-state index contributed by atoms with van der Waals surface area (Å²) in [5, 5.41) is 2.72. The Morgan fingerprint density at radius 1 is 1.08 bits per heavy atom. The number of benzene rings is 1. The first-order chi connectivity index (χ1) is 11.5. The number of hydrogen-bond acceptors (Lipinski definition) is 3. The minimum absolute atomic E-state index is 0.0790. The molecule has 0 aliphatic carbocycles. The van der Waals surface area contributed by atoms with E-state index < -0.39 is 0 Å². The first-order valence-corrected chi connectivity index (χ1v) is 7.83. The number of aryl methyl sites for hydroxylation is 1. The van der Waals surface area contributed by atoms with Gasteiger partial charge in [0.2, 0.25) is 0 Å². The van der Waals surface area contributed by atoms with Crippen molar-refractivity contribution in [2.24, 2.45) is 7.05 Å². The Labute approximate surface area is 140 Å². The summed E-state index contributed by atoms with van der Waals surface area (Å²) in [6.45, 7) is 5.09. The van der Waals surface area contributed by atoms with Gasteiger partial charge >= 0.3 is 0 Å². The Balaban J connectivity index is 2.19. The minimum atomic E-state index is -0.389. The summed E-state index contributed by atoms with van der Waals surface area (Å²) in [4.78, 5) is 37.9. The van der Waals surface area contributed by atoms with E-state index in [1.807, 2.05) is 13.8 Å². The van der Waals surface area contributed by atoms with Gasteiger partial charge in [-0.2, -0.15) is 0 Å². The molecule has 6 nitrogen and oxygen atoms in total. The third-order valence-electron chi connectivity index (χ3n) is 3.78. The number of rotatable bonds is 5. The highest BCUT2D eigenvalue weighted by atomic mass is 16.2. The van der Waals surface area contributed by atoms with Gasteiger partial charge < -0.3 is 14.8 Å². The molecule has 2 aromatic rings. The molecule has 126 valence electrons. The molecule has 1 aromatic heterocycles. The minimum Gasteiger partial charge on any atom is -0.339 e. The molecule has 0 saturated carbocycles. The van der Waals surface area contributed by atoms with Crippen molar-refractivity contribution in [2.45, 2.75) is 13.8 Å². The van der Waals surface area contributed by atoms with Gasteiger partial charge in [0, 0.05) is 49.2 Å². The lowest BCUT2D eigenvalue weighted by atomic mass is 10.1. The van der Waals surface area contributed by atoms with Crippen LogP contribution in [0, 0.1) is 0 Å². The average Bonchev–Trinajstić information content (AvgIpc) is 2.58. The van der Waals surface area contributed by atoms with Crippen molar-refractivity contribution in [3.63, 3.8) is 0 Å². The number of hydrogen-bond donors (Lipinski definition) is 1. The third-order valence-corrected chi connectivity index (χ3v) is 3.78. The Kier molecular flexibility index (Phi) is 5.52. The molecule has 1 heterocycles. The predicted octanol–water partition coefficient (Wildman–Crippen LogP) is 2.12. The molecule has 0 saturated heterocycles. The fraction of sp³-hybridized carbons (Fsp3) is 0.278. The van der Waals surface area contributed by atoms with E-state index in [-0.39, 0.29) is 22.9 Å². The summed E-state index contributed by atoms with van der Waals surface area (Å²) in [5.74, 6) is -0.468. The molecule has 1 aromatic carbocycles. The van der Waals surface area contributed by atoms with Crippen LogP contribution in [0.1, 0.15) is 34.6 Å². The SMILES string of the molecule is CCN(CC)C(=O)c1cccc(NC(=O)c2ccn(C)c(=O)c2)c1. The van der Waals surface area contributed by atoms with Gasteiger partial charge in [0.25, 0.3) is 17.4 Å². The highest BCUT2D eigenvalue weighted by Crippen LogP contribution is 2.14. The van der Waals surface area contributed by atoms with Gasteiger partial charge in [0.05, 0.1) is 0 Å². The van der Waals surface area contributed by atoms with E-state index >= 15 is 0 Å². The van der Waals surface area contributed by atoms with Crippen LogP contribution in [0.4, 0.5) is 5.69 Å². The number of pyridine rings is 1. The molecule has 0 radical (unpaired) electrons. The molecule has 2 rings (SSSR count). The van der Waals surface area contributed by atoms with Crippen LogP contribution in [0.15, 0.2) is 47.4 Å². The van der Waals surface area contributed by atoms with Crippen LogP contribution < -0.4 is 10.9 Å². The zero-order valence-electron chi connectivity index (χ0n) is 14.1. The van der Waals surface area contributed by atoms with Crippen LogP contribution in [0.5, 0.6) is 0 Å². The number of aromatic nitrogens is 1. The number of anilines is 1. The third kappa shape index (κ3) is 3.90. The van der Waals surface area contributed by atoms with Crippen molar-refractivity contribution < 1.29 is 9.59 Å². The standard InChI is InChI=1S/C18H21N3O3/c1-4-21(5-2)18(24)14-7-6-8-15(11-14)19-17(23)13-9-10-20(3)16(22)12-13/h6-12H,4-5H2,1-3H3,(H,19,23). The predicted molar refractivity (Wildman–Crippen MR) is 93.3 cm³/mol. The Morgan fingerprint density at radius 3 is 2.42 bits per heavy atom. The summed E-state index contributed by atoms with van der Waals surface area (Å²) < 4.78 is 1.39. The summed E-state index contributed by atoms with van der Waals surface area (Å²) in [6, 6.07) is 9.63. The lowest BCUT2D eigenvalue weighted by Crippen LogP contribution is -2.30. The number of nitrogens with one attached hydrogen (secondary N) is 1. The zero-order chi connectivity index (χ0) is 17.7. The summed E-state index contributed by atoms with van der Waals surface area (Å²) in [6.07, 6.45) is 1.54. The van der Waals surface area contributed by atoms with Crippen molar-refractivity contribution in [1.82, 2.24) is 9.47 Å². The van der Waals surface area contributed by atoms with Gasteiger partial charge in [0.1, 0.15) is 0 Å². The zero-order valence-corrected chi connectivity index (χ0v) is 14.1. The summed E-state index contributed by atoms with van der Waals surface area (Å²) >= 11 is 0. The highest BCUT2D eigenvalue weighted by molar-refractivity contribution is 6.05. The second-order valence-electron chi connectivity index (χ2n) is 5.38. The lowest BCUT2D eigenvalue weighted by Gasteiger charge is -2.19. The Morgan fingerprint density at radius 2 is 1.79 bits per heavy atom. The van der Waals surface area contributed by atoms with Crippen LogP contribution in [-0.4, -0.2) is 34.4 Å². The topological polar surface area (TPSA) is 71.4 Å². The largest absolute Gasteiger partial charge is 0.339 e. The molecule has 0 aliphatic rings. The first-order valence-electron chi connectivity index (χ1n) is 7.83. The molecular weight excluding hydrogens is 306 g/mol. The van der Waals surface area contributed by atoms with Crippen LogP contribution >= 0.6 is 0 Å². The van der Waals surface area contributed by atoms with E-state index in [2.05, 4.69) is 5.32 Å². The van der Waals surface area contributed by atoms with Gasteiger partial charge in [-0.05, 0) is 38.1 Å².